The van der Waals surface area contributed by atoms with E-state index in [1.165, 1.54) is 10.9 Å². The minimum Gasteiger partial charge on any atom is -0.486 e. The lowest BCUT2D eigenvalue weighted by Gasteiger charge is -2.22. The maximum atomic E-state index is 13.4. The lowest BCUT2D eigenvalue weighted by molar-refractivity contribution is 0.0755. The fourth-order valence-corrected chi connectivity index (χ4v) is 4.68. The van der Waals surface area contributed by atoms with E-state index in [1.54, 1.807) is 0 Å². The molecule has 2 aromatic heterocycles. The Balaban J connectivity index is 1.25. The van der Waals surface area contributed by atoms with Crippen molar-refractivity contribution in [1.29, 1.82) is 0 Å². The van der Waals surface area contributed by atoms with Gasteiger partial charge < -0.3 is 9.64 Å². The summed E-state index contributed by atoms with van der Waals surface area (Å²) in [5.74, 6) is 1.11. The molecule has 1 amide bonds. The third-order valence-corrected chi connectivity index (χ3v) is 6.61. The number of hydrogen-bond donors (Lipinski definition) is 0. The molecule has 7 nitrogen and oxygen atoms in total. The van der Waals surface area contributed by atoms with E-state index in [4.69, 9.17) is 9.37 Å². The molecule has 34 heavy (non-hydrogen) atoms. The van der Waals surface area contributed by atoms with Crippen molar-refractivity contribution < 1.29 is 14.2 Å². The number of para-hydroxylation sites is 2. The molecule has 0 radical (unpaired) electrons. The van der Waals surface area contributed by atoms with Crippen molar-refractivity contribution in [2.45, 2.75) is 39.2 Å². The topological polar surface area (TPSA) is 81.3 Å². The van der Waals surface area contributed by atoms with Gasteiger partial charge in [0, 0.05) is 24.7 Å². The van der Waals surface area contributed by atoms with Crippen molar-refractivity contribution in [1.82, 2.24) is 20.2 Å². The molecule has 1 saturated heterocycles. The maximum Gasteiger partial charge on any atom is 0.257 e. The summed E-state index contributed by atoms with van der Waals surface area (Å²) in [5, 5.41) is 8.87. The highest BCUT2D eigenvalue weighted by molar-refractivity contribution is 5.97. The Kier molecular flexibility index (Phi) is 6.51. The fourth-order valence-electron chi connectivity index (χ4n) is 4.68. The zero-order valence-electron chi connectivity index (χ0n) is 19.3. The number of fused-ring (bicyclic) bond motifs is 1. The minimum absolute atomic E-state index is 0.0145. The van der Waals surface area contributed by atoms with Gasteiger partial charge in [-0.15, -0.1) is 0 Å². The van der Waals surface area contributed by atoms with E-state index in [2.05, 4.69) is 39.6 Å². The summed E-state index contributed by atoms with van der Waals surface area (Å²) < 4.78 is 10.7. The number of amides is 1. The maximum absolute atomic E-state index is 13.4. The summed E-state index contributed by atoms with van der Waals surface area (Å²) >= 11 is 0. The Labute approximate surface area is 198 Å². The first-order valence-electron chi connectivity index (χ1n) is 11.8. The first-order valence-corrected chi connectivity index (χ1v) is 11.8. The highest BCUT2D eigenvalue weighted by Crippen LogP contribution is 2.28. The highest BCUT2D eigenvalue weighted by atomic mass is 16.6. The normalized spacial score (nSPS) is 16.4. The predicted octanol–water partition coefficient (Wildman–Crippen LogP) is 4.99. The number of pyridine rings is 1. The van der Waals surface area contributed by atoms with Gasteiger partial charge in [0.15, 0.2) is 0 Å². The van der Waals surface area contributed by atoms with Crippen LogP contribution in [0.5, 0.6) is 5.75 Å². The highest BCUT2D eigenvalue weighted by Gasteiger charge is 2.24. The van der Waals surface area contributed by atoms with Crippen molar-refractivity contribution in [3.8, 4) is 5.75 Å². The van der Waals surface area contributed by atoms with E-state index in [0.717, 1.165) is 44.3 Å². The number of carbonyl (C=O) groups is 1. The number of hydrogen-bond acceptors (Lipinski definition) is 6. The average Bonchev–Trinajstić information content (AvgIpc) is 3.14. The molecule has 0 unspecified atom stereocenters. The number of likely N-dealkylation sites (tertiary alicyclic amines) is 1. The van der Waals surface area contributed by atoms with Gasteiger partial charge in [-0.05, 0) is 68.4 Å². The Morgan fingerprint density at radius 3 is 2.79 bits per heavy atom. The van der Waals surface area contributed by atoms with Gasteiger partial charge in [-0.2, -0.15) is 0 Å². The van der Waals surface area contributed by atoms with Gasteiger partial charge in [-0.3, -0.25) is 9.78 Å². The van der Waals surface area contributed by atoms with Gasteiger partial charge in [0.05, 0.1) is 11.1 Å². The molecule has 0 spiro atoms. The van der Waals surface area contributed by atoms with Crippen LogP contribution >= 0.6 is 0 Å². The van der Waals surface area contributed by atoms with E-state index in [0.29, 0.717) is 28.6 Å². The van der Waals surface area contributed by atoms with Crippen molar-refractivity contribution in [2.24, 2.45) is 5.92 Å². The average molecular weight is 457 g/mol. The molecule has 1 aliphatic heterocycles. The molecule has 7 heteroatoms. The number of nitrogens with zero attached hydrogens (tertiary/aromatic N) is 4. The smallest absolute Gasteiger partial charge is 0.257 e. The molecule has 3 heterocycles. The molecule has 4 aromatic rings. The van der Waals surface area contributed by atoms with E-state index in [-0.39, 0.29) is 12.5 Å². The molecular weight excluding hydrogens is 428 g/mol. The molecule has 0 saturated carbocycles. The quantitative estimate of drug-likeness (QED) is 0.407. The van der Waals surface area contributed by atoms with Gasteiger partial charge >= 0.3 is 0 Å². The Hall–Kier alpha value is -3.74. The second kappa shape index (κ2) is 10.0. The third-order valence-electron chi connectivity index (χ3n) is 6.61. The molecule has 1 fully saturated rings. The van der Waals surface area contributed by atoms with Crippen LogP contribution in [0.2, 0.25) is 0 Å². The van der Waals surface area contributed by atoms with Crippen LogP contribution in [0.1, 0.15) is 46.6 Å². The molecule has 0 N–H and O–H groups in total. The van der Waals surface area contributed by atoms with Gasteiger partial charge in [0.25, 0.3) is 5.91 Å². The number of aromatic nitrogens is 3. The van der Waals surface area contributed by atoms with Crippen molar-refractivity contribution in [2.75, 3.05) is 13.1 Å². The Morgan fingerprint density at radius 1 is 1.06 bits per heavy atom. The van der Waals surface area contributed by atoms with Crippen LogP contribution in [0.25, 0.3) is 10.9 Å². The third kappa shape index (κ3) is 4.78. The van der Waals surface area contributed by atoms with E-state index in [1.807, 2.05) is 48.4 Å². The zero-order valence-corrected chi connectivity index (χ0v) is 19.3. The zero-order chi connectivity index (χ0) is 23.3. The second-order valence-corrected chi connectivity index (χ2v) is 8.86. The molecule has 1 aliphatic rings. The lowest BCUT2D eigenvalue weighted by atomic mass is 9.91. The molecule has 5 rings (SSSR count). The van der Waals surface area contributed by atoms with Crippen LogP contribution in [0.15, 0.2) is 65.4 Å². The van der Waals surface area contributed by atoms with E-state index in [9.17, 15) is 4.79 Å². The molecule has 0 bridgehead atoms. The fraction of sp³-hybridized carbons (Fsp3) is 0.333. The van der Waals surface area contributed by atoms with Crippen LogP contribution in [0.3, 0.4) is 0 Å². The number of carbonyl (C=O) groups excluding carboxylic acids is 1. The summed E-state index contributed by atoms with van der Waals surface area (Å²) in [7, 11) is 0. The molecule has 0 aliphatic carbocycles. The van der Waals surface area contributed by atoms with Crippen LogP contribution in [-0.2, 0) is 13.0 Å². The van der Waals surface area contributed by atoms with E-state index >= 15 is 0 Å². The standard InChI is InChI=1S/C27H28N4O3/c1-19-25(30-34-29-19)18-33-26-11-5-3-9-23(26)27(32)31-15-6-7-20(13-16-31)17-21-12-14-28-24-10-4-2-8-22(21)24/h2-5,8-12,14,20H,6-7,13,15-18H2,1H3/t20-/m1/s1. The lowest BCUT2D eigenvalue weighted by Crippen LogP contribution is -2.32. The van der Waals surface area contributed by atoms with Crippen LogP contribution < -0.4 is 4.74 Å². The van der Waals surface area contributed by atoms with Gasteiger partial charge in [0.2, 0.25) is 0 Å². The Morgan fingerprint density at radius 2 is 1.91 bits per heavy atom. The largest absolute Gasteiger partial charge is 0.486 e. The van der Waals surface area contributed by atoms with Crippen molar-refractivity contribution in [3.05, 3.63) is 83.3 Å². The Bertz CT molecular complexity index is 1280. The monoisotopic (exact) mass is 456 g/mol. The predicted molar refractivity (Wildman–Crippen MR) is 129 cm³/mol. The number of benzene rings is 2. The summed E-state index contributed by atoms with van der Waals surface area (Å²) in [6.07, 6.45) is 5.99. The van der Waals surface area contributed by atoms with Gasteiger partial charge in [-0.1, -0.05) is 40.6 Å². The van der Waals surface area contributed by atoms with Crippen molar-refractivity contribution in [3.63, 3.8) is 0 Å². The summed E-state index contributed by atoms with van der Waals surface area (Å²) in [5.41, 5.74) is 4.27. The number of rotatable bonds is 6. The van der Waals surface area contributed by atoms with Gasteiger partial charge in [0.1, 0.15) is 23.7 Å². The molecule has 2 aromatic carbocycles. The molecule has 1 atom stereocenters. The molecular formula is C27H28N4O3. The number of ether oxygens (including phenoxy) is 1. The first kappa shape index (κ1) is 22.1. The van der Waals surface area contributed by atoms with Crippen molar-refractivity contribution >= 4 is 16.8 Å². The van der Waals surface area contributed by atoms with Crippen LogP contribution in [-0.4, -0.2) is 39.2 Å². The van der Waals surface area contributed by atoms with E-state index < -0.39 is 0 Å². The minimum atomic E-state index is 0.0145. The summed E-state index contributed by atoms with van der Waals surface area (Å²) in [6.45, 7) is 3.52. The SMILES string of the molecule is Cc1nonc1COc1ccccc1C(=O)N1CCC[C@@H](Cc2ccnc3ccccc23)CC1. The number of aryl methyl sites for hydroxylation is 1. The first-order chi connectivity index (χ1) is 16.7. The molecule has 174 valence electrons. The summed E-state index contributed by atoms with van der Waals surface area (Å²) in [6, 6.07) is 17.8. The second-order valence-electron chi connectivity index (χ2n) is 8.86. The van der Waals surface area contributed by atoms with Crippen LogP contribution in [0.4, 0.5) is 0 Å². The van der Waals surface area contributed by atoms with Crippen LogP contribution in [0, 0.1) is 12.8 Å². The summed E-state index contributed by atoms with van der Waals surface area (Å²) in [4.78, 5) is 19.9. The van der Waals surface area contributed by atoms with Gasteiger partial charge in [-0.25, -0.2) is 4.63 Å².